The van der Waals surface area contributed by atoms with Gasteiger partial charge in [0.2, 0.25) is 0 Å². The molecule has 0 aliphatic carbocycles. The van der Waals surface area contributed by atoms with Gasteiger partial charge in [-0.05, 0) is 13.3 Å². The largest absolute Gasteiger partial charge is 0.300 e. The molecule has 1 aliphatic rings. The minimum absolute atomic E-state index is 0.260. The van der Waals surface area contributed by atoms with Crippen molar-refractivity contribution in [3.8, 4) is 0 Å². The number of rotatable bonds is 1. The lowest BCUT2D eigenvalue weighted by Crippen LogP contribution is -2.47. The van der Waals surface area contributed by atoms with Gasteiger partial charge in [-0.1, -0.05) is 0 Å². The van der Waals surface area contributed by atoms with Crippen LogP contribution in [0.4, 0.5) is 0 Å². The first-order valence-corrected chi connectivity index (χ1v) is 4.04. The van der Waals surface area contributed by atoms with Gasteiger partial charge >= 0.3 is 0 Å². The van der Waals surface area contributed by atoms with Crippen LogP contribution in [0, 0.1) is 5.92 Å². The second-order valence-corrected chi connectivity index (χ2v) is 3.32. The molecule has 0 N–H and O–H groups in total. The lowest BCUT2D eigenvalue weighted by atomic mass is 9.99. The summed E-state index contributed by atoms with van der Waals surface area (Å²) in [6.45, 7) is 3.57. The fourth-order valence-electron chi connectivity index (χ4n) is 1.39. The van der Waals surface area contributed by atoms with Crippen molar-refractivity contribution in [3.05, 3.63) is 0 Å². The minimum Gasteiger partial charge on any atom is -0.300 e. The highest BCUT2D eigenvalue weighted by Crippen LogP contribution is 2.14. The highest BCUT2D eigenvalue weighted by molar-refractivity contribution is 5.78. The fraction of sp³-hybridized carbons (Fsp3) is 0.875. The van der Waals surface area contributed by atoms with Crippen molar-refractivity contribution < 1.29 is 4.79 Å². The number of carbonyl (C=O) groups is 1. The van der Waals surface area contributed by atoms with Crippen molar-refractivity contribution in [3.63, 3.8) is 0 Å². The molecule has 0 spiro atoms. The summed E-state index contributed by atoms with van der Waals surface area (Å²) in [7, 11) is 4.07. The monoisotopic (exact) mass is 156 g/mol. The van der Waals surface area contributed by atoms with E-state index >= 15 is 0 Å². The highest BCUT2D eigenvalue weighted by Gasteiger charge is 2.23. The Balaban J connectivity index is 2.46. The Morgan fingerprint density at radius 3 is 2.45 bits per heavy atom. The van der Waals surface area contributed by atoms with Gasteiger partial charge < -0.3 is 0 Å². The Hall–Kier alpha value is -0.410. The number of hydrazine groups is 1. The van der Waals surface area contributed by atoms with Gasteiger partial charge in [-0.3, -0.25) is 4.79 Å². The lowest BCUT2D eigenvalue weighted by Gasteiger charge is -2.36. The van der Waals surface area contributed by atoms with Crippen LogP contribution in [0.1, 0.15) is 13.3 Å². The molecular weight excluding hydrogens is 140 g/mol. The highest BCUT2D eigenvalue weighted by atomic mass is 16.1. The summed E-state index contributed by atoms with van der Waals surface area (Å²) in [5.41, 5.74) is 0. The van der Waals surface area contributed by atoms with Crippen molar-refractivity contribution in [2.75, 3.05) is 27.2 Å². The zero-order valence-corrected chi connectivity index (χ0v) is 7.50. The Labute approximate surface area is 67.9 Å². The topological polar surface area (TPSA) is 23.6 Å². The molecule has 1 saturated heterocycles. The summed E-state index contributed by atoms with van der Waals surface area (Å²) in [6.07, 6.45) is 1.01. The summed E-state index contributed by atoms with van der Waals surface area (Å²) < 4.78 is 0. The molecule has 64 valence electrons. The Morgan fingerprint density at radius 1 is 1.36 bits per heavy atom. The number of ketones is 1. The van der Waals surface area contributed by atoms with Crippen LogP contribution in [0.15, 0.2) is 0 Å². The average Bonchev–Trinajstić information content (AvgIpc) is 1.94. The molecule has 0 aromatic rings. The van der Waals surface area contributed by atoms with Crippen molar-refractivity contribution in [1.82, 2.24) is 10.0 Å². The zero-order chi connectivity index (χ0) is 8.43. The van der Waals surface area contributed by atoms with Crippen LogP contribution >= 0.6 is 0 Å². The Morgan fingerprint density at radius 2 is 2.00 bits per heavy atom. The lowest BCUT2D eigenvalue weighted by molar-refractivity contribution is -0.126. The van der Waals surface area contributed by atoms with E-state index in [1.807, 2.05) is 7.05 Å². The van der Waals surface area contributed by atoms with Gasteiger partial charge in [0.1, 0.15) is 5.78 Å². The molecule has 0 aromatic carbocycles. The third-order valence-electron chi connectivity index (χ3n) is 2.44. The number of Topliss-reactive ketones (excluding diaryl/α,β-unsaturated/α-hetero) is 1. The van der Waals surface area contributed by atoms with Gasteiger partial charge in [-0.2, -0.15) is 0 Å². The van der Waals surface area contributed by atoms with E-state index in [4.69, 9.17) is 0 Å². The summed E-state index contributed by atoms with van der Waals surface area (Å²) in [5.74, 6) is 0.584. The molecule has 0 saturated carbocycles. The van der Waals surface area contributed by atoms with Crippen molar-refractivity contribution in [1.29, 1.82) is 0 Å². The van der Waals surface area contributed by atoms with E-state index < -0.39 is 0 Å². The van der Waals surface area contributed by atoms with Crippen LogP contribution in [-0.4, -0.2) is 43.0 Å². The number of carbonyl (C=O) groups excluding carboxylic acids is 1. The first-order chi connectivity index (χ1) is 5.11. The van der Waals surface area contributed by atoms with Crippen molar-refractivity contribution >= 4 is 5.78 Å². The standard InChI is InChI=1S/C8H16N2O/c1-7(11)8-4-5-9(2)10(3)6-8/h8H,4-6H2,1-3H3. The van der Waals surface area contributed by atoms with E-state index in [1.165, 1.54) is 0 Å². The first kappa shape index (κ1) is 8.68. The van der Waals surface area contributed by atoms with Crippen LogP contribution in [-0.2, 0) is 4.79 Å². The second kappa shape index (κ2) is 3.32. The maximum absolute atomic E-state index is 11.0. The van der Waals surface area contributed by atoms with E-state index in [1.54, 1.807) is 6.92 Å². The van der Waals surface area contributed by atoms with E-state index in [2.05, 4.69) is 17.1 Å². The molecule has 3 nitrogen and oxygen atoms in total. The number of hydrogen-bond donors (Lipinski definition) is 0. The first-order valence-electron chi connectivity index (χ1n) is 4.04. The average molecular weight is 156 g/mol. The maximum Gasteiger partial charge on any atom is 0.134 e. The molecule has 1 unspecified atom stereocenters. The van der Waals surface area contributed by atoms with E-state index in [0.29, 0.717) is 5.78 Å². The summed E-state index contributed by atoms with van der Waals surface area (Å²) in [6, 6.07) is 0. The zero-order valence-electron chi connectivity index (χ0n) is 7.50. The van der Waals surface area contributed by atoms with E-state index in [-0.39, 0.29) is 5.92 Å². The van der Waals surface area contributed by atoms with Gasteiger partial charge in [-0.25, -0.2) is 10.0 Å². The Kier molecular flexibility index (Phi) is 2.62. The van der Waals surface area contributed by atoms with Crippen molar-refractivity contribution in [2.24, 2.45) is 5.92 Å². The normalized spacial score (nSPS) is 28.8. The molecule has 0 amide bonds. The fourth-order valence-corrected chi connectivity index (χ4v) is 1.39. The molecule has 1 atom stereocenters. The molecule has 1 aliphatic heterocycles. The quantitative estimate of drug-likeness (QED) is 0.548. The summed E-state index contributed by atoms with van der Waals surface area (Å²) >= 11 is 0. The van der Waals surface area contributed by atoms with Gasteiger partial charge in [0.05, 0.1) is 0 Å². The third kappa shape index (κ3) is 2.01. The predicted octanol–water partition coefficient (Wildman–Crippen LogP) is 0.374. The van der Waals surface area contributed by atoms with Crippen LogP contribution < -0.4 is 0 Å². The second-order valence-electron chi connectivity index (χ2n) is 3.32. The minimum atomic E-state index is 0.260. The van der Waals surface area contributed by atoms with Crippen molar-refractivity contribution in [2.45, 2.75) is 13.3 Å². The van der Waals surface area contributed by atoms with Crippen LogP contribution in [0.2, 0.25) is 0 Å². The molecule has 1 rings (SSSR count). The molecule has 11 heavy (non-hydrogen) atoms. The third-order valence-corrected chi connectivity index (χ3v) is 2.44. The van der Waals surface area contributed by atoms with Gasteiger partial charge in [0, 0.05) is 33.1 Å². The smallest absolute Gasteiger partial charge is 0.134 e. The Bertz CT molecular complexity index is 158. The van der Waals surface area contributed by atoms with Gasteiger partial charge in [0.15, 0.2) is 0 Å². The molecule has 1 fully saturated rings. The van der Waals surface area contributed by atoms with E-state index in [9.17, 15) is 4.79 Å². The van der Waals surface area contributed by atoms with E-state index in [0.717, 1.165) is 19.5 Å². The molecular formula is C8H16N2O. The molecule has 0 bridgehead atoms. The molecule has 0 radical (unpaired) electrons. The summed E-state index contributed by atoms with van der Waals surface area (Å²) in [4.78, 5) is 11.0. The molecule has 0 aromatic heterocycles. The molecule has 1 heterocycles. The predicted molar refractivity (Wildman–Crippen MR) is 44.0 cm³/mol. The van der Waals surface area contributed by atoms with Gasteiger partial charge in [-0.15, -0.1) is 0 Å². The number of hydrogen-bond acceptors (Lipinski definition) is 3. The summed E-state index contributed by atoms with van der Waals surface area (Å²) in [5, 5.41) is 4.26. The van der Waals surface area contributed by atoms with Crippen LogP contribution in [0.3, 0.4) is 0 Å². The van der Waals surface area contributed by atoms with Gasteiger partial charge in [0.25, 0.3) is 0 Å². The number of nitrogens with zero attached hydrogens (tertiary/aromatic N) is 2. The maximum atomic E-state index is 11.0. The molecule has 3 heteroatoms. The SMILES string of the molecule is CC(=O)C1CCN(C)N(C)C1. The van der Waals surface area contributed by atoms with Crippen LogP contribution in [0.5, 0.6) is 0 Å². The van der Waals surface area contributed by atoms with Crippen LogP contribution in [0.25, 0.3) is 0 Å².